The topological polar surface area (TPSA) is 162 Å². The lowest BCUT2D eigenvalue weighted by Gasteiger charge is -2.62. The van der Waals surface area contributed by atoms with Crippen LogP contribution in [0, 0.1) is 32.8 Å². The maximum atomic E-state index is 12.4. The van der Waals surface area contributed by atoms with E-state index in [4.69, 9.17) is 13.9 Å². The smallest absolute Gasteiger partial charge is 0.335 e. The second-order valence-corrected chi connectivity index (χ2v) is 13.4. The molecule has 2 heterocycles. The molecule has 12 atom stereocenters. The van der Waals surface area contributed by atoms with Gasteiger partial charge in [0.05, 0.1) is 24.1 Å². The fourth-order valence-electron chi connectivity index (χ4n) is 9.38. The maximum absolute atomic E-state index is 12.4. The number of rotatable bonds is 5. The van der Waals surface area contributed by atoms with Crippen molar-refractivity contribution in [3.8, 4) is 0 Å². The van der Waals surface area contributed by atoms with E-state index in [1.54, 1.807) is 13.2 Å². The molecule has 0 amide bonds. The van der Waals surface area contributed by atoms with Gasteiger partial charge in [-0.2, -0.15) is 0 Å². The van der Waals surface area contributed by atoms with Crippen LogP contribution in [0.2, 0.25) is 0 Å². The lowest BCUT2D eigenvalue weighted by atomic mass is 9.45. The zero-order chi connectivity index (χ0) is 29.3. The number of aliphatic hydroxyl groups excluding tert-OH is 2. The first-order valence-electron chi connectivity index (χ1n) is 14.9. The summed E-state index contributed by atoms with van der Waals surface area (Å²) in [5, 5.41) is 43.3. The second-order valence-electron chi connectivity index (χ2n) is 13.4. The van der Waals surface area contributed by atoms with Gasteiger partial charge in [-0.3, -0.25) is 0 Å². The van der Waals surface area contributed by atoms with Gasteiger partial charge in [0.15, 0.2) is 12.4 Å². The third kappa shape index (κ3) is 4.47. The monoisotopic (exact) mass is 575 g/mol. The summed E-state index contributed by atoms with van der Waals surface area (Å²) in [6.45, 7) is 6.08. The van der Waals surface area contributed by atoms with Gasteiger partial charge in [0.25, 0.3) is 5.09 Å². The first kappa shape index (κ1) is 28.8. The Bertz CT molecular complexity index is 1250. The minimum absolute atomic E-state index is 0.0930. The summed E-state index contributed by atoms with van der Waals surface area (Å²) in [7, 11) is 0. The van der Waals surface area contributed by atoms with Gasteiger partial charge in [-0.25, -0.2) is 4.79 Å². The van der Waals surface area contributed by atoms with Gasteiger partial charge in [-0.1, -0.05) is 25.5 Å². The summed E-state index contributed by atoms with van der Waals surface area (Å²) in [6.07, 6.45) is 3.69. The van der Waals surface area contributed by atoms with E-state index in [-0.39, 0.29) is 34.4 Å². The van der Waals surface area contributed by atoms with E-state index in [9.17, 15) is 30.2 Å². The van der Waals surface area contributed by atoms with Crippen molar-refractivity contribution in [2.75, 3.05) is 0 Å². The zero-order valence-corrected chi connectivity index (χ0v) is 23.8. The van der Waals surface area contributed by atoms with Crippen molar-refractivity contribution >= 4 is 0 Å². The Morgan fingerprint density at radius 2 is 1.83 bits per heavy atom. The highest BCUT2D eigenvalue weighted by atomic mass is 17.0. The van der Waals surface area contributed by atoms with Crippen LogP contribution in [0.3, 0.4) is 0 Å². The molecule has 0 spiro atoms. The van der Waals surface area contributed by atoms with Crippen LogP contribution in [0.1, 0.15) is 83.6 Å². The van der Waals surface area contributed by atoms with E-state index >= 15 is 0 Å². The van der Waals surface area contributed by atoms with Gasteiger partial charge in [-0.05, 0) is 93.1 Å². The Labute approximate surface area is 238 Å². The molecule has 1 saturated heterocycles. The molecule has 0 radical (unpaired) electrons. The standard InChI is InChI=1S/C30H41NO10/c1-16-24(33)26(41-31(36)37)25(34)27(39-16)40-19-8-11-28(2)18(14-19)5-6-22-21(28)9-12-29(3)20(10-13-30(22,29)35)17-4-7-23(32)38-15-17/h4,7,14-16,19-22,24-27,33-35H,5-6,8-13H2,1-3H3/t16-,19-,20+,21-,22+,24-,25+,26+,27-,28-,29+,30-/m0/s1. The highest BCUT2D eigenvalue weighted by Crippen LogP contribution is 2.70. The van der Waals surface area contributed by atoms with Crippen molar-refractivity contribution < 1.29 is 39.1 Å². The van der Waals surface area contributed by atoms with E-state index in [1.165, 1.54) is 11.6 Å². The van der Waals surface area contributed by atoms with Crippen LogP contribution in [0.15, 0.2) is 39.3 Å². The summed E-state index contributed by atoms with van der Waals surface area (Å²) < 4.78 is 17.0. The van der Waals surface area contributed by atoms with Gasteiger partial charge < -0.3 is 34.0 Å². The van der Waals surface area contributed by atoms with Gasteiger partial charge >= 0.3 is 5.63 Å². The Morgan fingerprint density at radius 3 is 2.54 bits per heavy atom. The molecule has 11 nitrogen and oxygen atoms in total. The summed E-state index contributed by atoms with van der Waals surface area (Å²) >= 11 is 0. The minimum atomic E-state index is -1.52. The fraction of sp³-hybridized carbons (Fsp3) is 0.767. The summed E-state index contributed by atoms with van der Waals surface area (Å²) in [4.78, 5) is 27.0. The lowest BCUT2D eigenvalue weighted by molar-refractivity contribution is -0.775. The molecule has 3 N–H and O–H groups in total. The lowest BCUT2D eigenvalue weighted by Crippen LogP contribution is -2.61. The molecule has 41 heavy (non-hydrogen) atoms. The molecule has 1 aromatic rings. The summed E-state index contributed by atoms with van der Waals surface area (Å²) in [5.41, 5.74) is 0.714. The van der Waals surface area contributed by atoms with E-state index in [0.29, 0.717) is 12.3 Å². The van der Waals surface area contributed by atoms with Crippen LogP contribution in [-0.2, 0) is 14.3 Å². The van der Waals surface area contributed by atoms with Crippen LogP contribution in [0.25, 0.3) is 0 Å². The number of nitrogens with zero attached hydrogens (tertiary/aromatic N) is 1. The van der Waals surface area contributed by atoms with Crippen molar-refractivity contribution in [2.45, 2.75) is 120 Å². The van der Waals surface area contributed by atoms with Crippen LogP contribution in [0.4, 0.5) is 0 Å². The van der Waals surface area contributed by atoms with Crippen LogP contribution < -0.4 is 5.63 Å². The third-order valence-electron chi connectivity index (χ3n) is 11.7. The van der Waals surface area contributed by atoms with Crippen molar-refractivity contribution in [1.29, 1.82) is 0 Å². The first-order chi connectivity index (χ1) is 19.4. The molecule has 4 aliphatic carbocycles. The molecule has 0 aromatic carbocycles. The van der Waals surface area contributed by atoms with Crippen molar-refractivity contribution in [3.05, 3.63) is 56.1 Å². The molecule has 1 aliphatic heterocycles. The van der Waals surface area contributed by atoms with Crippen LogP contribution in [0.5, 0.6) is 0 Å². The van der Waals surface area contributed by atoms with Crippen molar-refractivity contribution in [3.63, 3.8) is 0 Å². The molecule has 4 fully saturated rings. The van der Waals surface area contributed by atoms with Gasteiger partial charge in [0.1, 0.15) is 12.2 Å². The van der Waals surface area contributed by atoms with Gasteiger partial charge in [-0.15, -0.1) is 10.1 Å². The Hall–Kier alpha value is -2.31. The van der Waals surface area contributed by atoms with Crippen LogP contribution in [-0.4, -0.2) is 62.8 Å². The van der Waals surface area contributed by atoms with Gasteiger partial charge in [0, 0.05) is 11.5 Å². The number of hydrogen-bond acceptors (Lipinski definition) is 10. The van der Waals surface area contributed by atoms with Crippen molar-refractivity contribution in [2.24, 2.45) is 22.7 Å². The van der Waals surface area contributed by atoms with Gasteiger partial charge in [0.2, 0.25) is 0 Å². The van der Waals surface area contributed by atoms with E-state index in [0.717, 1.165) is 50.5 Å². The molecule has 6 rings (SSSR count). The second kappa shape index (κ2) is 10.2. The molecular formula is C30H41NO10. The predicted molar refractivity (Wildman–Crippen MR) is 144 cm³/mol. The van der Waals surface area contributed by atoms with E-state index in [1.807, 2.05) is 6.07 Å². The number of ether oxygens (including phenoxy) is 2. The summed E-state index contributed by atoms with van der Waals surface area (Å²) in [6, 6.07) is 3.32. The number of allylic oxidation sites excluding steroid dienone is 1. The molecule has 226 valence electrons. The summed E-state index contributed by atoms with van der Waals surface area (Å²) in [5.74, 6) is 0.614. The number of fused-ring (bicyclic) bond motifs is 5. The Kier molecular flexibility index (Phi) is 7.13. The molecule has 11 heteroatoms. The fourth-order valence-corrected chi connectivity index (χ4v) is 9.38. The molecule has 3 saturated carbocycles. The number of aliphatic hydroxyl groups is 3. The average Bonchev–Trinajstić information content (AvgIpc) is 3.21. The predicted octanol–water partition coefficient (Wildman–Crippen LogP) is 3.23. The molecule has 1 aromatic heterocycles. The highest BCUT2D eigenvalue weighted by Gasteiger charge is 2.66. The van der Waals surface area contributed by atoms with E-state index in [2.05, 4.69) is 24.8 Å². The molecule has 0 unspecified atom stereocenters. The normalized spacial score (nSPS) is 47.5. The number of hydrogen-bond donors (Lipinski definition) is 3. The average molecular weight is 576 g/mol. The highest BCUT2D eigenvalue weighted by molar-refractivity contribution is 5.31. The molecular weight excluding hydrogens is 534 g/mol. The zero-order valence-electron chi connectivity index (χ0n) is 23.8. The quantitative estimate of drug-likeness (QED) is 0.270. The van der Waals surface area contributed by atoms with Crippen LogP contribution >= 0.6 is 0 Å². The SMILES string of the molecule is C[C@@H]1O[C@@H](O[C@@H]2C=C3CC[C@@H]4[C@H](CC[C@]5(C)[C@@H](c6ccc(=O)oc6)CC[C@]45O)[C@@]3(C)CC2)[C@H](O)[C@H](O[N+](=O)[O-])[C@H]1O. The van der Waals surface area contributed by atoms with Crippen molar-refractivity contribution in [1.82, 2.24) is 0 Å². The minimum Gasteiger partial charge on any atom is -0.431 e. The first-order valence-corrected chi connectivity index (χ1v) is 14.9. The Balaban J connectivity index is 1.19. The molecule has 5 aliphatic rings. The largest absolute Gasteiger partial charge is 0.431 e. The maximum Gasteiger partial charge on any atom is 0.335 e. The molecule has 0 bridgehead atoms. The Morgan fingerprint density at radius 1 is 1.05 bits per heavy atom. The third-order valence-corrected chi connectivity index (χ3v) is 11.7. The van der Waals surface area contributed by atoms with E-state index < -0.39 is 41.4 Å².